The molecule has 0 atom stereocenters. The monoisotopic (exact) mass is 452 g/mol. The number of nitrogens with two attached hydrogens (primary N) is 1. The van der Waals surface area contributed by atoms with Crippen molar-refractivity contribution in [3.05, 3.63) is 46.7 Å². The Morgan fingerprint density at radius 1 is 1.16 bits per heavy atom. The van der Waals surface area contributed by atoms with Crippen LogP contribution in [0.3, 0.4) is 0 Å². The van der Waals surface area contributed by atoms with Crippen LogP contribution in [0.25, 0.3) is 32.2 Å². The van der Waals surface area contributed by atoms with E-state index in [2.05, 4.69) is 0 Å². The Bertz CT molecular complexity index is 1250. The third kappa shape index (κ3) is 3.54. The molecule has 4 aromatic rings. The summed E-state index contributed by atoms with van der Waals surface area (Å²) in [4.78, 5) is 26.8. The number of nitrogens with zero attached hydrogens (tertiary/aromatic N) is 3. The van der Waals surface area contributed by atoms with Gasteiger partial charge in [0.1, 0.15) is 15.5 Å². The van der Waals surface area contributed by atoms with Crippen molar-refractivity contribution in [1.29, 1.82) is 0 Å². The second-order valence-electron chi connectivity index (χ2n) is 7.00. The molecule has 31 heavy (non-hydrogen) atoms. The Morgan fingerprint density at radius 2 is 1.97 bits per heavy atom. The molecule has 4 heterocycles. The zero-order chi connectivity index (χ0) is 21.4. The number of amides is 1. The second-order valence-corrected chi connectivity index (χ2v) is 8.95. The summed E-state index contributed by atoms with van der Waals surface area (Å²) < 4.78 is 11.0. The third-order valence-corrected chi connectivity index (χ3v) is 7.14. The molecule has 9 heteroatoms. The molecule has 1 aliphatic rings. The summed E-state index contributed by atoms with van der Waals surface area (Å²) >= 11 is 2.88. The van der Waals surface area contributed by atoms with Crippen LogP contribution in [0.1, 0.15) is 9.67 Å². The van der Waals surface area contributed by atoms with Crippen LogP contribution in [-0.4, -0.2) is 54.2 Å². The maximum absolute atomic E-state index is 13.2. The first-order chi connectivity index (χ1) is 15.2. The average Bonchev–Trinajstić information content (AvgIpc) is 3.47. The van der Waals surface area contributed by atoms with Crippen LogP contribution >= 0.6 is 22.7 Å². The summed E-state index contributed by atoms with van der Waals surface area (Å²) in [7, 11) is 1.63. The van der Waals surface area contributed by atoms with Crippen LogP contribution in [0.4, 0.5) is 5.69 Å². The van der Waals surface area contributed by atoms with Crippen LogP contribution in [-0.2, 0) is 4.74 Å². The zero-order valence-electron chi connectivity index (χ0n) is 16.8. The summed E-state index contributed by atoms with van der Waals surface area (Å²) in [6.07, 6.45) is 0. The van der Waals surface area contributed by atoms with Gasteiger partial charge >= 0.3 is 0 Å². The van der Waals surface area contributed by atoms with E-state index in [1.807, 2.05) is 41.8 Å². The van der Waals surface area contributed by atoms with Crippen LogP contribution in [0, 0.1) is 0 Å². The lowest BCUT2D eigenvalue weighted by atomic mass is 10.1. The van der Waals surface area contributed by atoms with Crippen molar-refractivity contribution in [3.63, 3.8) is 0 Å². The Morgan fingerprint density at radius 3 is 2.71 bits per heavy atom. The fraction of sp³-hybridized carbons (Fsp3) is 0.227. The van der Waals surface area contributed by atoms with Crippen molar-refractivity contribution in [3.8, 4) is 27.7 Å². The van der Waals surface area contributed by atoms with Crippen molar-refractivity contribution in [1.82, 2.24) is 14.9 Å². The fourth-order valence-electron chi connectivity index (χ4n) is 3.64. The minimum absolute atomic E-state index is 0.0903. The molecule has 2 N–H and O–H groups in total. The number of benzene rings is 1. The van der Waals surface area contributed by atoms with Gasteiger partial charge in [0, 0.05) is 18.7 Å². The van der Waals surface area contributed by atoms with E-state index in [1.165, 1.54) is 11.3 Å². The van der Waals surface area contributed by atoms with E-state index in [0.717, 1.165) is 10.4 Å². The van der Waals surface area contributed by atoms with Crippen molar-refractivity contribution < 1.29 is 14.3 Å². The van der Waals surface area contributed by atoms with E-state index in [1.54, 1.807) is 23.3 Å². The smallest absolute Gasteiger partial charge is 0.266 e. The molecule has 0 saturated carbocycles. The highest BCUT2D eigenvalue weighted by Gasteiger charge is 2.27. The van der Waals surface area contributed by atoms with Gasteiger partial charge in [-0.15, -0.1) is 22.7 Å². The first-order valence-electron chi connectivity index (χ1n) is 9.81. The van der Waals surface area contributed by atoms with Crippen LogP contribution in [0.15, 0.2) is 41.8 Å². The van der Waals surface area contributed by atoms with E-state index >= 15 is 0 Å². The van der Waals surface area contributed by atoms with Crippen molar-refractivity contribution in [2.75, 3.05) is 39.1 Å². The summed E-state index contributed by atoms with van der Waals surface area (Å²) in [6, 6.07) is 11.6. The number of thiophene rings is 2. The fourth-order valence-corrected chi connectivity index (χ4v) is 5.36. The number of para-hydroxylation sites is 1. The predicted molar refractivity (Wildman–Crippen MR) is 124 cm³/mol. The number of aromatic nitrogens is 2. The quantitative estimate of drug-likeness (QED) is 0.500. The number of carbonyl (C=O) groups is 1. The SMILES string of the molecule is COc1ccccc1-c1nc(-c2cccs2)nc2sc(C(=O)N3CCOCC3)c(N)c12. The number of rotatable bonds is 4. The van der Waals surface area contributed by atoms with Gasteiger partial charge in [-0.3, -0.25) is 4.79 Å². The van der Waals surface area contributed by atoms with Gasteiger partial charge in [-0.05, 0) is 23.6 Å². The lowest BCUT2D eigenvalue weighted by Crippen LogP contribution is -2.40. The summed E-state index contributed by atoms with van der Waals surface area (Å²) in [5.41, 5.74) is 8.45. The van der Waals surface area contributed by atoms with Crippen LogP contribution < -0.4 is 10.5 Å². The zero-order valence-corrected chi connectivity index (χ0v) is 18.5. The van der Waals surface area contributed by atoms with Crippen molar-refractivity contribution in [2.24, 2.45) is 0 Å². The Hall–Kier alpha value is -3.01. The average molecular weight is 453 g/mol. The molecule has 1 aromatic carbocycles. The Balaban J connectivity index is 1.73. The first kappa shape index (κ1) is 19.9. The van der Waals surface area contributed by atoms with E-state index < -0.39 is 0 Å². The standard InChI is InChI=1S/C22H20N4O3S2/c1-28-14-6-3-2-5-13(14)18-16-17(23)19(22(27)26-8-10-29-11-9-26)31-21(16)25-20(24-18)15-7-4-12-30-15/h2-7,12H,8-11,23H2,1H3. The number of ether oxygens (including phenoxy) is 2. The molecule has 0 radical (unpaired) electrons. The third-order valence-electron chi connectivity index (χ3n) is 5.18. The van der Waals surface area contributed by atoms with Gasteiger partial charge in [0.25, 0.3) is 5.91 Å². The summed E-state index contributed by atoms with van der Waals surface area (Å²) in [5.74, 6) is 1.20. The molecule has 0 unspecified atom stereocenters. The van der Waals surface area contributed by atoms with Crippen LogP contribution in [0.5, 0.6) is 5.75 Å². The molecule has 3 aromatic heterocycles. The number of morpholine rings is 1. The maximum atomic E-state index is 13.2. The van der Waals surface area contributed by atoms with Gasteiger partial charge in [-0.1, -0.05) is 18.2 Å². The molecule has 1 saturated heterocycles. The molecule has 1 amide bonds. The summed E-state index contributed by atoms with van der Waals surface area (Å²) in [6.45, 7) is 2.17. The topological polar surface area (TPSA) is 90.6 Å². The molecule has 0 aliphatic carbocycles. The van der Waals surface area contributed by atoms with Gasteiger partial charge in [-0.2, -0.15) is 0 Å². The van der Waals surface area contributed by atoms with Crippen LogP contribution in [0.2, 0.25) is 0 Å². The Kier molecular flexibility index (Phi) is 5.31. The molecule has 7 nitrogen and oxygen atoms in total. The van der Waals surface area contributed by atoms with Gasteiger partial charge < -0.3 is 20.1 Å². The molecular weight excluding hydrogens is 432 g/mol. The number of fused-ring (bicyclic) bond motifs is 1. The number of anilines is 1. The predicted octanol–water partition coefficient (Wildman–Crippen LogP) is 4.15. The highest BCUT2D eigenvalue weighted by atomic mass is 32.1. The summed E-state index contributed by atoms with van der Waals surface area (Å²) in [5, 5.41) is 2.67. The number of nitrogen functional groups attached to an aromatic ring is 1. The minimum Gasteiger partial charge on any atom is -0.496 e. The largest absolute Gasteiger partial charge is 0.496 e. The lowest BCUT2D eigenvalue weighted by molar-refractivity contribution is 0.0307. The molecule has 0 spiro atoms. The van der Waals surface area contributed by atoms with Gasteiger partial charge in [-0.25, -0.2) is 9.97 Å². The van der Waals surface area contributed by atoms with E-state index in [4.69, 9.17) is 25.2 Å². The maximum Gasteiger partial charge on any atom is 0.266 e. The number of hydrogen-bond donors (Lipinski definition) is 1. The minimum atomic E-state index is -0.0903. The molecule has 158 valence electrons. The molecule has 1 aliphatic heterocycles. The number of methoxy groups -OCH3 is 1. The lowest BCUT2D eigenvalue weighted by Gasteiger charge is -2.26. The first-order valence-corrected chi connectivity index (χ1v) is 11.5. The molecule has 0 bridgehead atoms. The van der Waals surface area contributed by atoms with E-state index in [9.17, 15) is 4.79 Å². The second kappa shape index (κ2) is 8.26. The van der Waals surface area contributed by atoms with Crippen molar-refractivity contribution >= 4 is 44.5 Å². The Labute approximate surface area is 187 Å². The van der Waals surface area contributed by atoms with Gasteiger partial charge in [0.2, 0.25) is 0 Å². The van der Waals surface area contributed by atoms with E-state index in [-0.39, 0.29) is 5.91 Å². The highest BCUT2D eigenvalue weighted by Crippen LogP contribution is 2.42. The van der Waals surface area contributed by atoms with Gasteiger partial charge in [0.15, 0.2) is 5.82 Å². The van der Waals surface area contributed by atoms with E-state index in [0.29, 0.717) is 64.4 Å². The highest BCUT2D eigenvalue weighted by molar-refractivity contribution is 7.21. The number of carbonyl (C=O) groups excluding carboxylic acids is 1. The van der Waals surface area contributed by atoms with Gasteiger partial charge in [0.05, 0.1) is 42.0 Å². The molecule has 5 rings (SSSR count). The number of hydrogen-bond acceptors (Lipinski definition) is 8. The van der Waals surface area contributed by atoms with Crippen molar-refractivity contribution in [2.45, 2.75) is 0 Å². The molecule has 1 fully saturated rings. The normalized spacial score (nSPS) is 14.2. The molecular formula is C22H20N4O3S2.